The molecule has 1 atom stereocenters. The molecular formula is C73H128O6. The van der Waals surface area contributed by atoms with Crippen LogP contribution in [0.15, 0.2) is 85.1 Å². The van der Waals surface area contributed by atoms with Gasteiger partial charge in [-0.3, -0.25) is 14.4 Å². The van der Waals surface area contributed by atoms with Crippen LogP contribution < -0.4 is 0 Å². The van der Waals surface area contributed by atoms with Crippen molar-refractivity contribution in [3.8, 4) is 0 Å². The van der Waals surface area contributed by atoms with Crippen LogP contribution in [0.3, 0.4) is 0 Å². The Labute approximate surface area is 490 Å². The van der Waals surface area contributed by atoms with Gasteiger partial charge in [0.2, 0.25) is 0 Å². The van der Waals surface area contributed by atoms with Crippen LogP contribution in [0.2, 0.25) is 0 Å². The van der Waals surface area contributed by atoms with E-state index in [2.05, 4.69) is 106 Å². The monoisotopic (exact) mass is 1100 g/mol. The molecule has 0 aliphatic carbocycles. The van der Waals surface area contributed by atoms with Gasteiger partial charge in [0.05, 0.1) is 0 Å². The summed E-state index contributed by atoms with van der Waals surface area (Å²) in [5.74, 6) is -0.904. The molecule has 79 heavy (non-hydrogen) atoms. The maximum atomic E-state index is 12.9. The molecule has 0 saturated carbocycles. The summed E-state index contributed by atoms with van der Waals surface area (Å²) in [5.41, 5.74) is 0. The van der Waals surface area contributed by atoms with E-state index in [1.54, 1.807) is 0 Å². The van der Waals surface area contributed by atoms with E-state index in [1.165, 1.54) is 199 Å². The molecular weight excluding hydrogens is 973 g/mol. The molecule has 0 aromatic heterocycles. The molecule has 0 bridgehead atoms. The Morgan fingerprint density at radius 3 is 0.785 bits per heavy atom. The number of allylic oxidation sites excluding steroid dienone is 14. The standard InChI is InChI=1S/C73H128O6/c1-4-7-10-13-16-19-22-24-26-28-30-31-32-33-34-35-36-37-38-39-40-41-43-44-46-48-51-54-57-60-63-66-72(75)78-69-70(68-77-71(74)65-62-59-56-53-50-21-18-15-12-9-6-3)79-73(76)67-64-61-58-55-52-49-47-45-42-29-27-25-23-20-17-14-11-8-5-2/h8,11,17,20,22,24-25,27-28,30,42,45,49,52,70H,4-7,9-10,12-16,18-19,21,23,26,29,31-41,43-44,46-48,50-51,53-69H2,1-3H3/b11-8-,20-17-,24-22-,27-25-,30-28-,45-42-,52-49-. The fraction of sp³-hybridized carbons (Fsp3) is 0.767. The Morgan fingerprint density at radius 2 is 0.494 bits per heavy atom. The van der Waals surface area contributed by atoms with Gasteiger partial charge >= 0.3 is 17.9 Å². The topological polar surface area (TPSA) is 78.9 Å². The summed E-state index contributed by atoms with van der Waals surface area (Å²) in [5, 5.41) is 0. The molecule has 456 valence electrons. The van der Waals surface area contributed by atoms with Crippen molar-refractivity contribution in [2.24, 2.45) is 0 Å². The van der Waals surface area contributed by atoms with Gasteiger partial charge in [-0.15, -0.1) is 0 Å². The number of esters is 3. The highest BCUT2D eigenvalue weighted by Crippen LogP contribution is 2.17. The first kappa shape index (κ1) is 75.6. The van der Waals surface area contributed by atoms with Crippen LogP contribution in [0.25, 0.3) is 0 Å². The molecule has 0 N–H and O–H groups in total. The van der Waals surface area contributed by atoms with E-state index < -0.39 is 6.10 Å². The third-order valence-electron chi connectivity index (χ3n) is 14.9. The molecule has 0 aliphatic rings. The third-order valence-corrected chi connectivity index (χ3v) is 14.9. The van der Waals surface area contributed by atoms with Gasteiger partial charge in [0, 0.05) is 19.3 Å². The average molecular weight is 1100 g/mol. The highest BCUT2D eigenvalue weighted by Gasteiger charge is 2.19. The third kappa shape index (κ3) is 65.3. The zero-order chi connectivity index (χ0) is 57.1. The summed E-state index contributed by atoms with van der Waals surface area (Å²) in [6, 6.07) is 0. The van der Waals surface area contributed by atoms with Crippen molar-refractivity contribution in [1.29, 1.82) is 0 Å². The SMILES string of the molecule is CC/C=C\C/C=C\C/C=C\C/C=C\C/C=C\CCCCCC(=O)OC(COC(=O)CCCCCCCCCCCCC)COC(=O)CCCCCCCCCCCCCCCCCCCCC/C=C\C/C=C\CCCCCCC. The van der Waals surface area contributed by atoms with Crippen molar-refractivity contribution in [2.45, 2.75) is 348 Å². The highest BCUT2D eigenvalue weighted by molar-refractivity contribution is 5.71. The molecule has 0 saturated heterocycles. The predicted molar refractivity (Wildman–Crippen MR) is 344 cm³/mol. The minimum Gasteiger partial charge on any atom is -0.462 e. The summed E-state index contributed by atoms with van der Waals surface area (Å²) in [7, 11) is 0. The summed E-state index contributed by atoms with van der Waals surface area (Å²) in [6.07, 6.45) is 89.0. The summed E-state index contributed by atoms with van der Waals surface area (Å²) in [4.78, 5) is 38.3. The van der Waals surface area contributed by atoms with Crippen LogP contribution in [0.1, 0.15) is 342 Å². The molecule has 0 aliphatic heterocycles. The van der Waals surface area contributed by atoms with E-state index in [0.717, 1.165) is 103 Å². The largest absolute Gasteiger partial charge is 0.462 e. The van der Waals surface area contributed by atoms with E-state index >= 15 is 0 Å². The number of unbranched alkanes of at least 4 members (excludes halogenated alkanes) is 37. The number of rotatable bonds is 62. The summed E-state index contributed by atoms with van der Waals surface area (Å²) >= 11 is 0. The lowest BCUT2D eigenvalue weighted by Crippen LogP contribution is -2.30. The summed E-state index contributed by atoms with van der Waals surface area (Å²) in [6.45, 7) is 6.52. The molecule has 0 radical (unpaired) electrons. The first-order valence-corrected chi connectivity index (χ1v) is 34.1. The molecule has 0 spiro atoms. The van der Waals surface area contributed by atoms with Gasteiger partial charge in [-0.05, 0) is 96.3 Å². The number of carbonyl (C=O) groups excluding carboxylic acids is 3. The van der Waals surface area contributed by atoms with Gasteiger partial charge in [-0.2, -0.15) is 0 Å². The van der Waals surface area contributed by atoms with Crippen molar-refractivity contribution in [3.05, 3.63) is 85.1 Å². The Bertz CT molecular complexity index is 1500. The van der Waals surface area contributed by atoms with Gasteiger partial charge in [0.1, 0.15) is 13.2 Å². The Hall–Kier alpha value is -3.41. The van der Waals surface area contributed by atoms with Gasteiger partial charge < -0.3 is 14.2 Å². The second kappa shape index (κ2) is 67.1. The molecule has 0 heterocycles. The Balaban J connectivity index is 4.19. The molecule has 6 nitrogen and oxygen atoms in total. The van der Waals surface area contributed by atoms with E-state index in [1.807, 2.05) is 0 Å². The lowest BCUT2D eigenvalue weighted by molar-refractivity contribution is -0.167. The Morgan fingerprint density at radius 1 is 0.266 bits per heavy atom. The normalized spacial score (nSPS) is 12.6. The first-order chi connectivity index (χ1) is 39.0. The number of hydrogen-bond acceptors (Lipinski definition) is 6. The van der Waals surface area contributed by atoms with Crippen LogP contribution in [0.4, 0.5) is 0 Å². The zero-order valence-electron chi connectivity index (χ0n) is 52.4. The minimum absolute atomic E-state index is 0.0861. The van der Waals surface area contributed by atoms with Gasteiger partial charge in [0.15, 0.2) is 6.10 Å². The van der Waals surface area contributed by atoms with Gasteiger partial charge in [0.25, 0.3) is 0 Å². The fourth-order valence-electron chi connectivity index (χ4n) is 9.80. The number of hydrogen-bond donors (Lipinski definition) is 0. The molecule has 1 unspecified atom stereocenters. The van der Waals surface area contributed by atoms with Crippen LogP contribution >= 0.6 is 0 Å². The second-order valence-corrected chi connectivity index (χ2v) is 22.7. The smallest absolute Gasteiger partial charge is 0.306 e. The van der Waals surface area contributed by atoms with Crippen molar-refractivity contribution in [2.75, 3.05) is 13.2 Å². The molecule has 0 aromatic carbocycles. The lowest BCUT2D eigenvalue weighted by atomic mass is 10.0. The second-order valence-electron chi connectivity index (χ2n) is 22.7. The minimum atomic E-state index is -0.792. The van der Waals surface area contributed by atoms with Crippen molar-refractivity contribution < 1.29 is 28.6 Å². The Kier molecular flexibility index (Phi) is 64.2. The van der Waals surface area contributed by atoms with Crippen LogP contribution in [-0.2, 0) is 28.6 Å². The van der Waals surface area contributed by atoms with E-state index in [4.69, 9.17) is 14.2 Å². The highest BCUT2D eigenvalue weighted by atomic mass is 16.6. The number of ether oxygens (including phenoxy) is 3. The lowest BCUT2D eigenvalue weighted by Gasteiger charge is -2.18. The molecule has 0 amide bonds. The van der Waals surface area contributed by atoms with Crippen molar-refractivity contribution >= 4 is 17.9 Å². The van der Waals surface area contributed by atoms with E-state index in [9.17, 15) is 14.4 Å². The zero-order valence-corrected chi connectivity index (χ0v) is 52.4. The molecule has 0 aromatic rings. The fourth-order valence-corrected chi connectivity index (χ4v) is 9.80. The summed E-state index contributed by atoms with van der Waals surface area (Å²) < 4.78 is 16.9. The van der Waals surface area contributed by atoms with Crippen molar-refractivity contribution in [3.63, 3.8) is 0 Å². The quantitative estimate of drug-likeness (QED) is 0.0261. The van der Waals surface area contributed by atoms with Crippen LogP contribution in [0, 0.1) is 0 Å². The first-order valence-electron chi connectivity index (χ1n) is 34.1. The predicted octanol–water partition coefficient (Wildman–Crippen LogP) is 23.4. The van der Waals surface area contributed by atoms with Crippen LogP contribution in [-0.4, -0.2) is 37.2 Å². The van der Waals surface area contributed by atoms with E-state index in [-0.39, 0.29) is 31.1 Å². The van der Waals surface area contributed by atoms with Crippen LogP contribution in [0.5, 0.6) is 0 Å². The molecule has 0 rings (SSSR count). The molecule has 0 fully saturated rings. The molecule has 6 heteroatoms. The van der Waals surface area contributed by atoms with Gasteiger partial charge in [-0.1, -0.05) is 311 Å². The average Bonchev–Trinajstić information content (AvgIpc) is 3.45. The van der Waals surface area contributed by atoms with Crippen molar-refractivity contribution in [1.82, 2.24) is 0 Å². The number of carbonyl (C=O) groups is 3. The van der Waals surface area contributed by atoms with Gasteiger partial charge in [-0.25, -0.2) is 0 Å². The van der Waals surface area contributed by atoms with E-state index in [0.29, 0.717) is 19.3 Å². The maximum absolute atomic E-state index is 12.9. The maximum Gasteiger partial charge on any atom is 0.306 e.